The average Bonchev–Trinajstić information content (AvgIpc) is 3.32. The highest BCUT2D eigenvalue weighted by molar-refractivity contribution is 7.18. The van der Waals surface area contributed by atoms with Gasteiger partial charge in [0.15, 0.2) is 5.82 Å². The van der Waals surface area contributed by atoms with Gasteiger partial charge in [-0.25, -0.2) is 9.97 Å². The highest BCUT2D eigenvalue weighted by Crippen LogP contribution is 2.26. The minimum atomic E-state index is -0.133. The maximum atomic E-state index is 12.6. The molecule has 3 aromatic heterocycles. The maximum Gasteiger partial charge on any atom is 0.225 e. The number of hydrogen-bond donors (Lipinski definition) is 1. The molecule has 0 bridgehead atoms. The summed E-state index contributed by atoms with van der Waals surface area (Å²) >= 11 is 1.69. The number of amides is 1. The normalized spacial score (nSPS) is 11.7. The van der Waals surface area contributed by atoms with Gasteiger partial charge in [-0.3, -0.25) is 4.79 Å². The van der Waals surface area contributed by atoms with E-state index in [1.807, 2.05) is 42.5 Å². The van der Waals surface area contributed by atoms with Crippen molar-refractivity contribution >= 4 is 33.3 Å². The van der Waals surface area contributed by atoms with Gasteiger partial charge in [-0.2, -0.15) is 9.78 Å². The number of para-hydroxylation sites is 1. The van der Waals surface area contributed by atoms with E-state index in [-0.39, 0.29) is 11.3 Å². The van der Waals surface area contributed by atoms with E-state index >= 15 is 0 Å². The van der Waals surface area contributed by atoms with Crippen LogP contribution in [0.4, 0.5) is 5.82 Å². The number of rotatable bonds is 6. The van der Waals surface area contributed by atoms with Crippen LogP contribution in [0.25, 0.3) is 16.0 Å². The first kappa shape index (κ1) is 20.2. The van der Waals surface area contributed by atoms with Gasteiger partial charge in [0.2, 0.25) is 5.91 Å². The van der Waals surface area contributed by atoms with Crippen molar-refractivity contribution in [3.05, 3.63) is 65.4 Å². The van der Waals surface area contributed by atoms with E-state index in [4.69, 9.17) is 0 Å². The summed E-state index contributed by atoms with van der Waals surface area (Å²) in [4.78, 5) is 21.6. The summed E-state index contributed by atoms with van der Waals surface area (Å²) in [5, 5.41) is 8.77. The second-order valence-corrected chi connectivity index (χ2v) is 9.36. The summed E-state index contributed by atoms with van der Waals surface area (Å²) in [6, 6.07) is 15.7. The number of carbonyl (C=O) groups is 1. The third kappa shape index (κ3) is 4.57. The Hall–Kier alpha value is -3.06. The molecule has 154 valence electrons. The summed E-state index contributed by atoms with van der Waals surface area (Å²) < 4.78 is 2.89. The van der Waals surface area contributed by atoms with Gasteiger partial charge in [0.1, 0.15) is 5.82 Å². The zero-order valence-electron chi connectivity index (χ0n) is 17.4. The summed E-state index contributed by atoms with van der Waals surface area (Å²) in [5.41, 5.74) is 1.79. The lowest BCUT2D eigenvalue weighted by molar-refractivity contribution is -0.116. The predicted octanol–water partition coefficient (Wildman–Crippen LogP) is 5.14. The van der Waals surface area contributed by atoms with Gasteiger partial charge in [-0.1, -0.05) is 39.0 Å². The number of aryl methyl sites for hydroxylation is 1. The fourth-order valence-electron chi connectivity index (χ4n) is 3.12. The summed E-state index contributed by atoms with van der Waals surface area (Å²) in [6.07, 6.45) is 3.68. The van der Waals surface area contributed by atoms with Crippen molar-refractivity contribution in [3.8, 4) is 5.82 Å². The number of benzene rings is 1. The Morgan fingerprint density at radius 2 is 1.93 bits per heavy atom. The molecule has 0 spiro atoms. The second kappa shape index (κ2) is 8.36. The molecule has 0 saturated heterocycles. The second-order valence-electron chi connectivity index (χ2n) is 8.24. The molecule has 0 unspecified atom stereocenters. The van der Waals surface area contributed by atoms with E-state index < -0.39 is 0 Å². The van der Waals surface area contributed by atoms with E-state index in [1.54, 1.807) is 22.2 Å². The van der Waals surface area contributed by atoms with Crippen LogP contribution in [-0.2, 0) is 16.6 Å². The van der Waals surface area contributed by atoms with Crippen molar-refractivity contribution in [1.82, 2.24) is 19.7 Å². The van der Waals surface area contributed by atoms with Gasteiger partial charge < -0.3 is 5.32 Å². The van der Waals surface area contributed by atoms with Crippen LogP contribution in [0, 0.1) is 0 Å². The smallest absolute Gasteiger partial charge is 0.225 e. The topological polar surface area (TPSA) is 72.7 Å². The monoisotopic (exact) mass is 419 g/mol. The van der Waals surface area contributed by atoms with Gasteiger partial charge in [0.05, 0.1) is 20.9 Å². The third-order valence-corrected chi connectivity index (χ3v) is 5.84. The third-order valence-electron chi connectivity index (χ3n) is 4.74. The molecule has 3 heterocycles. The summed E-state index contributed by atoms with van der Waals surface area (Å²) in [7, 11) is 0. The first-order valence-electron chi connectivity index (χ1n) is 10.1. The van der Waals surface area contributed by atoms with E-state index in [1.165, 1.54) is 4.70 Å². The van der Waals surface area contributed by atoms with Crippen LogP contribution in [0.15, 0.2) is 54.7 Å². The molecular formula is C23H25N5OS. The molecule has 0 radical (unpaired) electrons. The van der Waals surface area contributed by atoms with Crippen LogP contribution in [0.5, 0.6) is 0 Å². The molecule has 0 saturated carbocycles. The molecule has 1 N–H and O–H groups in total. The molecule has 6 nitrogen and oxygen atoms in total. The highest BCUT2D eigenvalue weighted by atomic mass is 32.1. The summed E-state index contributed by atoms with van der Waals surface area (Å²) in [6.45, 7) is 6.30. The first-order chi connectivity index (χ1) is 14.4. The van der Waals surface area contributed by atoms with Gasteiger partial charge in [-0.05, 0) is 37.1 Å². The Kier molecular flexibility index (Phi) is 5.63. The molecule has 4 rings (SSSR count). The standard InChI is InChI=1S/C23H25N5OS/c1-23(2,3)18-15-20(28(27-18)19-11-6-7-14-24-19)26-21(29)12-8-13-22-25-16-9-4-5-10-17(16)30-22/h4-7,9-11,14-15H,8,12-13H2,1-3H3,(H,26,29). The van der Waals surface area contributed by atoms with E-state index in [0.717, 1.165) is 29.1 Å². The highest BCUT2D eigenvalue weighted by Gasteiger charge is 2.21. The van der Waals surface area contributed by atoms with Crippen LogP contribution in [-0.4, -0.2) is 25.7 Å². The number of fused-ring (bicyclic) bond motifs is 1. The number of anilines is 1. The van der Waals surface area contributed by atoms with Crippen molar-refractivity contribution in [1.29, 1.82) is 0 Å². The molecule has 1 aromatic carbocycles. The van der Waals surface area contributed by atoms with E-state index in [0.29, 0.717) is 18.1 Å². The number of carbonyl (C=O) groups excluding carboxylic acids is 1. The van der Waals surface area contributed by atoms with Crippen molar-refractivity contribution in [2.45, 2.75) is 45.4 Å². The largest absolute Gasteiger partial charge is 0.311 e. The maximum absolute atomic E-state index is 12.6. The number of thiazole rings is 1. The van der Waals surface area contributed by atoms with Gasteiger partial charge in [-0.15, -0.1) is 11.3 Å². The summed E-state index contributed by atoms with van der Waals surface area (Å²) in [5.74, 6) is 1.29. The molecule has 0 aliphatic heterocycles. The number of hydrogen-bond acceptors (Lipinski definition) is 5. The Bertz CT molecular complexity index is 1120. The molecule has 0 aliphatic carbocycles. The number of aromatic nitrogens is 4. The van der Waals surface area contributed by atoms with Crippen LogP contribution in [0.2, 0.25) is 0 Å². The molecule has 30 heavy (non-hydrogen) atoms. The Morgan fingerprint density at radius 3 is 2.67 bits per heavy atom. The van der Waals surface area contributed by atoms with Crippen molar-refractivity contribution < 1.29 is 4.79 Å². The Balaban J connectivity index is 1.43. The molecular weight excluding hydrogens is 394 g/mol. The predicted molar refractivity (Wildman–Crippen MR) is 121 cm³/mol. The van der Waals surface area contributed by atoms with Crippen LogP contribution < -0.4 is 5.32 Å². The molecule has 0 fully saturated rings. The lowest BCUT2D eigenvalue weighted by Gasteiger charge is -2.13. The Morgan fingerprint density at radius 1 is 1.13 bits per heavy atom. The Labute approximate surface area is 180 Å². The molecule has 0 aliphatic rings. The van der Waals surface area contributed by atoms with Gasteiger partial charge in [0.25, 0.3) is 0 Å². The first-order valence-corrected chi connectivity index (χ1v) is 10.9. The fourth-order valence-corrected chi connectivity index (χ4v) is 4.13. The molecule has 4 aromatic rings. The van der Waals surface area contributed by atoms with Gasteiger partial charge >= 0.3 is 0 Å². The SMILES string of the molecule is CC(C)(C)c1cc(NC(=O)CCCc2nc3ccccc3s2)n(-c2ccccn2)n1. The van der Waals surface area contributed by atoms with Crippen molar-refractivity contribution in [2.75, 3.05) is 5.32 Å². The van der Waals surface area contributed by atoms with Crippen LogP contribution >= 0.6 is 11.3 Å². The quantitative estimate of drug-likeness (QED) is 0.470. The lowest BCUT2D eigenvalue weighted by Crippen LogP contribution is -2.15. The van der Waals surface area contributed by atoms with Crippen LogP contribution in [0.1, 0.15) is 44.3 Å². The number of nitrogens with one attached hydrogen (secondary N) is 1. The van der Waals surface area contributed by atoms with Gasteiger partial charge in [0, 0.05) is 24.1 Å². The van der Waals surface area contributed by atoms with E-state index in [2.05, 4.69) is 47.2 Å². The fraction of sp³-hybridized carbons (Fsp3) is 0.304. The number of nitrogens with zero attached hydrogens (tertiary/aromatic N) is 4. The molecule has 1 amide bonds. The lowest BCUT2D eigenvalue weighted by atomic mass is 9.92. The number of pyridine rings is 1. The zero-order valence-corrected chi connectivity index (χ0v) is 18.2. The molecule has 7 heteroatoms. The molecule has 0 atom stereocenters. The average molecular weight is 420 g/mol. The van der Waals surface area contributed by atoms with Crippen molar-refractivity contribution in [2.24, 2.45) is 0 Å². The minimum Gasteiger partial charge on any atom is -0.311 e. The van der Waals surface area contributed by atoms with Crippen LogP contribution in [0.3, 0.4) is 0 Å². The zero-order chi connectivity index (χ0) is 21.1. The van der Waals surface area contributed by atoms with E-state index in [9.17, 15) is 4.79 Å². The minimum absolute atomic E-state index is 0.0337. The van der Waals surface area contributed by atoms with Crippen molar-refractivity contribution in [3.63, 3.8) is 0 Å².